The first-order valence-electron chi connectivity index (χ1n) is 8.70. The minimum Gasteiger partial charge on any atom is -0.493 e. The molecule has 1 heterocycles. The minimum absolute atomic E-state index is 0.113. The summed E-state index contributed by atoms with van der Waals surface area (Å²) in [5.74, 6) is 0.0872. The van der Waals surface area contributed by atoms with Gasteiger partial charge in [0.1, 0.15) is 5.44 Å². The molecule has 1 saturated heterocycles. The minimum atomic E-state index is -0.549. The van der Waals surface area contributed by atoms with Crippen LogP contribution < -0.4 is 14.8 Å². The topological polar surface area (TPSA) is 110 Å². The number of ether oxygens (including phenoxy) is 4. The molecule has 0 radical (unpaired) electrons. The van der Waals surface area contributed by atoms with Crippen LogP contribution in [0.25, 0.3) is 0 Å². The Morgan fingerprint density at radius 3 is 2.64 bits per heavy atom. The smallest absolute Gasteiger partial charge is 0.280 e. The predicted octanol–water partition coefficient (Wildman–Crippen LogP) is 1.57. The van der Waals surface area contributed by atoms with Crippen LogP contribution in [0, 0.1) is 5.41 Å². The molecule has 0 bridgehead atoms. The molecule has 1 aliphatic rings. The molecule has 1 fully saturated rings. The van der Waals surface area contributed by atoms with Crippen molar-refractivity contribution in [2.75, 3.05) is 52.4 Å². The second kappa shape index (κ2) is 10.9. The molecule has 154 valence electrons. The lowest BCUT2D eigenvalue weighted by Crippen LogP contribution is -2.43. The number of hydrogen-bond donors (Lipinski definition) is 2. The third kappa shape index (κ3) is 6.39. The molecular formula is C18H25N3O6S. The van der Waals surface area contributed by atoms with Crippen LogP contribution in [0.15, 0.2) is 18.2 Å². The highest BCUT2D eigenvalue weighted by atomic mass is 32.2. The molecule has 28 heavy (non-hydrogen) atoms. The number of rotatable bonds is 7. The summed E-state index contributed by atoms with van der Waals surface area (Å²) in [5.41, 5.74) is 0.150. The van der Waals surface area contributed by atoms with Crippen LogP contribution in [0.5, 0.6) is 11.5 Å². The maximum absolute atomic E-state index is 12.2. The number of nitrogens with one attached hydrogen (secondary N) is 2. The van der Waals surface area contributed by atoms with Gasteiger partial charge in [-0.15, -0.1) is 0 Å². The quantitative estimate of drug-likeness (QED) is 0.398. The van der Waals surface area contributed by atoms with E-state index in [4.69, 9.17) is 24.4 Å². The molecule has 0 saturated carbocycles. The summed E-state index contributed by atoms with van der Waals surface area (Å²) in [5, 5.41) is 10.3. The van der Waals surface area contributed by atoms with Gasteiger partial charge in [-0.25, -0.2) is 0 Å². The lowest BCUT2D eigenvalue weighted by Gasteiger charge is -2.26. The molecule has 9 nitrogen and oxygen atoms in total. The zero-order valence-corrected chi connectivity index (χ0v) is 17.0. The number of thioether (sulfide) groups is 1. The van der Waals surface area contributed by atoms with E-state index in [0.717, 1.165) is 11.8 Å². The molecule has 1 aromatic carbocycles. The van der Waals surface area contributed by atoms with Gasteiger partial charge in [-0.05, 0) is 19.1 Å². The van der Waals surface area contributed by atoms with E-state index in [1.54, 1.807) is 30.0 Å². The normalized spacial score (nSPS) is 14.9. The first-order chi connectivity index (χ1) is 13.4. The van der Waals surface area contributed by atoms with Crippen molar-refractivity contribution in [3.8, 4) is 11.5 Å². The third-order valence-electron chi connectivity index (χ3n) is 3.96. The maximum atomic E-state index is 12.2. The SMILES string of the molecule is COc1cc(NC(=O)C(=N)SC(C)OC)ccc1OCC(=O)N1CCOCC1. The Morgan fingerprint density at radius 2 is 2.00 bits per heavy atom. The van der Waals surface area contributed by atoms with Gasteiger partial charge in [-0.2, -0.15) is 0 Å². The highest BCUT2D eigenvalue weighted by Crippen LogP contribution is 2.30. The van der Waals surface area contributed by atoms with Gasteiger partial charge in [-0.1, -0.05) is 11.8 Å². The Hall–Kier alpha value is -2.30. The van der Waals surface area contributed by atoms with Crippen molar-refractivity contribution < 1.29 is 28.5 Å². The summed E-state index contributed by atoms with van der Waals surface area (Å²) in [6.45, 7) is 3.80. The predicted molar refractivity (Wildman–Crippen MR) is 106 cm³/mol. The highest BCUT2D eigenvalue weighted by Gasteiger charge is 2.19. The molecule has 0 aromatic heterocycles. The summed E-state index contributed by atoms with van der Waals surface area (Å²) in [6.07, 6.45) is 0. The van der Waals surface area contributed by atoms with Crippen LogP contribution in [-0.2, 0) is 19.1 Å². The number of methoxy groups -OCH3 is 2. The average Bonchev–Trinajstić information content (AvgIpc) is 2.72. The Morgan fingerprint density at radius 1 is 1.29 bits per heavy atom. The number of benzene rings is 1. The molecule has 1 unspecified atom stereocenters. The summed E-state index contributed by atoms with van der Waals surface area (Å²) in [7, 11) is 2.98. The van der Waals surface area contributed by atoms with Gasteiger partial charge in [0, 0.05) is 32.0 Å². The number of nitrogens with zero attached hydrogens (tertiary/aromatic N) is 1. The highest BCUT2D eigenvalue weighted by molar-refractivity contribution is 8.16. The van der Waals surface area contributed by atoms with Crippen molar-refractivity contribution in [1.82, 2.24) is 4.90 Å². The van der Waals surface area contributed by atoms with Crippen LogP contribution in [0.3, 0.4) is 0 Å². The molecule has 10 heteroatoms. The van der Waals surface area contributed by atoms with Gasteiger partial charge >= 0.3 is 0 Å². The molecule has 0 aliphatic carbocycles. The fourth-order valence-corrected chi connectivity index (χ4v) is 2.95. The van der Waals surface area contributed by atoms with E-state index in [-0.39, 0.29) is 23.0 Å². The number of morpholine rings is 1. The van der Waals surface area contributed by atoms with Gasteiger partial charge in [0.2, 0.25) is 0 Å². The standard InChI is InChI=1S/C18H25N3O6S/c1-12(24-2)28-17(19)18(23)20-13-4-5-14(15(10-13)25-3)27-11-16(22)21-6-8-26-9-7-21/h4-5,10,12,19H,6-9,11H2,1-3H3,(H,20,23). The van der Waals surface area contributed by atoms with Crippen LogP contribution in [0.1, 0.15) is 6.92 Å². The monoisotopic (exact) mass is 411 g/mol. The fraction of sp³-hybridized carbons (Fsp3) is 0.500. The van der Waals surface area contributed by atoms with E-state index in [1.807, 2.05) is 0 Å². The van der Waals surface area contributed by atoms with Crippen LogP contribution in [0.2, 0.25) is 0 Å². The molecule has 1 aromatic rings. The Labute approximate surface area is 168 Å². The van der Waals surface area contributed by atoms with Gasteiger partial charge in [0.25, 0.3) is 11.8 Å². The molecule has 2 amide bonds. The van der Waals surface area contributed by atoms with Gasteiger partial charge in [0.15, 0.2) is 23.1 Å². The fourth-order valence-electron chi connectivity index (χ4n) is 2.36. The first-order valence-corrected chi connectivity index (χ1v) is 9.58. The maximum Gasteiger partial charge on any atom is 0.280 e. The largest absolute Gasteiger partial charge is 0.493 e. The van der Waals surface area contributed by atoms with Gasteiger partial charge in [-0.3, -0.25) is 15.0 Å². The van der Waals surface area contributed by atoms with E-state index >= 15 is 0 Å². The number of anilines is 1. The van der Waals surface area contributed by atoms with E-state index in [2.05, 4.69) is 5.32 Å². The summed E-state index contributed by atoms with van der Waals surface area (Å²) in [4.78, 5) is 26.0. The lowest BCUT2D eigenvalue weighted by atomic mass is 10.2. The van der Waals surface area contributed by atoms with Crippen molar-refractivity contribution in [2.45, 2.75) is 12.4 Å². The molecule has 2 rings (SSSR count). The molecule has 0 spiro atoms. The number of hydrogen-bond acceptors (Lipinski definition) is 8. The van der Waals surface area contributed by atoms with Crippen molar-refractivity contribution in [3.63, 3.8) is 0 Å². The number of amides is 2. The molecule has 2 N–H and O–H groups in total. The number of carbonyl (C=O) groups excluding carboxylic acids is 2. The summed E-state index contributed by atoms with van der Waals surface area (Å²) < 4.78 is 21.1. The summed E-state index contributed by atoms with van der Waals surface area (Å²) >= 11 is 1.01. The molecule has 1 aliphatic heterocycles. The Balaban J connectivity index is 1.94. The average molecular weight is 411 g/mol. The first kappa shape index (κ1) is 22.0. The van der Waals surface area contributed by atoms with Gasteiger partial charge < -0.3 is 29.2 Å². The number of carbonyl (C=O) groups is 2. The lowest BCUT2D eigenvalue weighted by molar-refractivity contribution is -0.137. The second-order valence-corrected chi connectivity index (χ2v) is 7.16. The zero-order chi connectivity index (χ0) is 20.5. The van der Waals surface area contributed by atoms with E-state index in [1.165, 1.54) is 14.2 Å². The van der Waals surface area contributed by atoms with E-state index in [0.29, 0.717) is 43.5 Å². The third-order valence-corrected chi connectivity index (χ3v) is 4.90. The van der Waals surface area contributed by atoms with Crippen LogP contribution in [0.4, 0.5) is 5.69 Å². The second-order valence-electron chi connectivity index (χ2n) is 5.85. The van der Waals surface area contributed by atoms with Crippen molar-refractivity contribution >= 4 is 34.3 Å². The Bertz CT molecular complexity index is 709. The van der Waals surface area contributed by atoms with Gasteiger partial charge in [0.05, 0.1) is 20.3 Å². The molecular weight excluding hydrogens is 386 g/mol. The van der Waals surface area contributed by atoms with Crippen molar-refractivity contribution in [3.05, 3.63) is 18.2 Å². The van der Waals surface area contributed by atoms with Crippen LogP contribution >= 0.6 is 11.8 Å². The van der Waals surface area contributed by atoms with Crippen molar-refractivity contribution in [1.29, 1.82) is 5.41 Å². The molecule has 1 atom stereocenters. The zero-order valence-electron chi connectivity index (χ0n) is 16.1. The van der Waals surface area contributed by atoms with Crippen LogP contribution in [-0.4, -0.2) is 74.3 Å². The van der Waals surface area contributed by atoms with E-state index < -0.39 is 5.91 Å². The van der Waals surface area contributed by atoms with E-state index in [9.17, 15) is 9.59 Å². The van der Waals surface area contributed by atoms with Crippen molar-refractivity contribution in [2.24, 2.45) is 0 Å². The Kier molecular flexibility index (Phi) is 8.55. The summed E-state index contributed by atoms with van der Waals surface area (Å²) in [6, 6.07) is 4.80.